The van der Waals surface area contributed by atoms with Crippen LogP contribution in [0.4, 0.5) is 0 Å². The van der Waals surface area contributed by atoms with Crippen LogP contribution in [0.3, 0.4) is 0 Å². The Morgan fingerprint density at radius 1 is 0.561 bits per heavy atom. The lowest BCUT2D eigenvalue weighted by Crippen LogP contribution is -2.59. The predicted octanol–water partition coefficient (Wildman–Crippen LogP) is 4.12. The third-order valence-corrected chi connectivity index (χ3v) is 12.0. The summed E-state index contributed by atoms with van der Waals surface area (Å²) >= 11 is 0. The first-order chi connectivity index (χ1) is 31.5. The highest BCUT2D eigenvalue weighted by Crippen LogP contribution is 2.14. The van der Waals surface area contributed by atoms with Gasteiger partial charge in [0.1, 0.15) is 30.2 Å². The largest absolute Gasteiger partial charge is 0.480 e. The lowest BCUT2D eigenvalue weighted by Gasteiger charge is -2.26. The van der Waals surface area contributed by atoms with Crippen LogP contribution in [0.1, 0.15) is 135 Å². The monoisotopic (exact) mass is 941 g/mol. The molecule has 0 bridgehead atoms. The molecule has 368 valence electrons. The number of aliphatic hydroxyl groups excluding tert-OH is 1. The molecular formula is C49H76N6O10S. The Hall–Kier alpha value is -5.16. The summed E-state index contributed by atoms with van der Waals surface area (Å²) in [6.07, 6.45) is 12.7. The van der Waals surface area contributed by atoms with Crippen molar-refractivity contribution in [3.63, 3.8) is 0 Å². The van der Waals surface area contributed by atoms with Crippen molar-refractivity contribution in [3.05, 3.63) is 71.8 Å². The number of nitrogens with two attached hydrogens (primary N) is 1. The quantitative estimate of drug-likeness (QED) is 0.0459. The fourth-order valence-corrected chi connectivity index (χ4v) is 8.01. The van der Waals surface area contributed by atoms with Crippen molar-refractivity contribution in [2.24, 2.45) is 11.7 Å². The van der Waals surface area contributed by atoms with Crippen molar-refractivity contribution in [2.75, 3.05) is 12.0 Å². The summed E-state index contributed by atoms with van der Waals surface area (Å²) in [6.45, 7) is 5.16. The van der Waals surface area contributed by atoms with Crippen molar-refractivity contribution >= 4 is 52.2 Å². The van der Waals surface area contributed by atoms with E-state index in [1.165, 1.54) is 13.2 Å². The number of carbonyl (C=O) groups is 7. The van der Waals surface area contributed by atoms with Gasteiger partial charge in [-0.25, -0.2) is 4.79 Å². The molecule has 0 aliphatic rings. The molecule has 0 aliphatic carbocycles. The van der Waals surface area contributed by atoms with Gasteiger partial charge in [-0.15, -0.1) is 0 Å². The molecule has 0 radical (unpaired) electrons. The second kappa shape index (κ2) is 32.5. The number of aliphatic hydroxyl groups is 1. The maximum Gasteiger partial charge on any atom is 0.326 e. The maximum atomic E-state index is 13.3. The Labute approximate surface area is 393 Å². The zero-order valence-corrected chi connectivity index (χ0v) is 40.2. The highest BCUT2D eigenvalue weighted by Gasteiger charge is 2.32. The maximum absolute atomic E-state index is 13.3. The van der Waals surface area contributed by atoms with Gasteiger partial charge >= 0.3 is 5.97 Å². The first-order valence-electron chi connectivity index (χ1n) is 23.5. The molecule has 0 saturated carbocycles. The zero-order chi connectivity index (χ0) is 48.9. The number of rotatable bonds is 35. The van der Waals surface area contributed by atoms with Gasteiger partial charge in [-0.05, 0) is 49.7 Å². The van der Waals surface area contributed by atoms with Crippen LogP contribution in [0.5, 0.6) is 0 Å². The Balaban J connectivity index is 1.63. The smallest absolute Gasteiger partial charge is 0.326 e. The molecule has 0 aliphatic heterocycles. The minimum absolute atomic E-state index is 0.000877. The SMILES string of the molecule is CC(C)C[C@H](NC(=O)[C@@H](NC(=O)CCCCCCCCCCCCCCC(=O)N[C@@H](CCS(C)=O)C(=O)N[C@@H](Cc1ccccc1)C(=O)O)C(C)O)C(=O)N[C@@H](Cc1ccccc1)C(N)=O. The van der Waals surface area contributed by atoms with Gasteiger partial charge in [0.05, 0.1) is 6.10 Å². The third kappa shape index (κ3) is 24.9. The van der Waals surface area contributed by atoms with E-state index in [-0.39, 0.29) is 62.0 Å². The second-order valence-electron chi connectivity index (χ2n) is 17.6. The van der Waals surface area contributed by atoms with Crippen molar-refractivity contribution in [3.8, 4) is 0 Å². The minimum atomic E-state index is -1.27. The van der Waals surface area contributed by atoms with Crippen LogP contribution in [0.2, 0.25) is 0 Å². The number of unbranched alkanes of at least 4 members (excludes halogenated alkanes) is 11. The van der Waals surface area contributed by atoms with Gasteiger partial charge < -0.3 is 42.5 Å². The molecule has 2 aromatic carbocycles. The van der Waals surface area contributed by atoms with E-state index in [2.05, 4.69) is 26.6 Å². The lowest BCUT2D eigenvalue weighted by molar-refractivity contribution is -0.142. The van der Waals surface area contributed by atoms with Gasteiger partial charge in [0.15, 0.2) is 0 Å². The third-order valence-electron chi connectivity index (χ3n) is 11.2. The number of hydrogen-bond acceptors (Lipinski definition) is 9. The Kier molecular flexibility index (Phi) is 28.1. The van der Waals surface area contributed by atoms with E-state index in [9.17, 15) is 48.0 Å². The van der Waals surface area contributed by atoms with Crippen LogP contribution in [-0.2, 0) is 57.2 Å². The van der Waals surface area contributed by atoms with E-state index in [1.54, 1.807) is 24.3 Å². The molecule has 66 heavy (non-hydrogen) atoms. The van der Waals surface area contributed by atoms with Crippen molar-refractivity contribution in [2.45, 2.75) is 173 Å². The van der Waals surface area contributed by atoms with E-state index in [0.29, 0.717) is 12.8 Å². The molecule has 0 saturated heterocycles. The summed E-state index contributed by atoms with van der Waals surface area (Å²) in [5.41, 5.74) is 7.15. The number of carbonyl (C=O) groups excluding carboxylic acids is 6. The molecule has 0 heterocycles. The number of aliphatic carboxylic acids is 1. The molecule has 0 spiro atoms. The standard InChI is InChI=1S/C49H76N6O10S/c1-34(2)31-40(47(61)52-39(45(50)59)32-36-23-17-15-18-24-36)53-48(62)44(35(3)56)55-43(58)28-22-14-12-10-8-6-5-7-9-11-13-21-27-42(57)51-38(29-30-66(4)65)46(60)54-41(49(63)64)33-37-25-19-16-20-26-37/h15-20,23-26,34-35,38-41,44,56H,5-14,21-22,27-33H2,1-4H3,(H2,50,59)(H,51,57)(H,52,61)(H,53,62)(H,54,60)(H,55,58)(H,63,64)/t35?,38-,39-,40-,41-,44-,66?/m0/s1. The molecule has 16 nitrogen and oxygen atoms in total. The predicted molar refractivity (Wildman–Crippen MR) is 256 cm³/mol. The fourth-order valence-electron chi connectivity index (χ4n) is 7.44. The summed E-state index contributed by atoms with van der Waals surface area (Å²) in [6, 6.07) is 12.6. The van der Waals surface area contributed by atoms with Crippen LogP contribution in [0, 0.1) is 5.92 Å². The Bertz CT molecular complexity index is 1820. The molecule has 17 heteroatoms. The molecule has 2 unspecified atom stereocenters. The van der Waals surface area contributed by atoms with Crippen molar-refractivity contribution < 1.29 is 48.0 Å². The van der Waals surface area contributed by atoms with Gasteiger partial charge in [-0.3, -0.25) is 33.0 Å². The van der Waals surface area contributed by atoms with Crippen LogP contribution in [0.15, 0.2) is 60.7 Å². The summed E-state index contributed by atoms with van der Waals surface area (Å²) in [7, 11) is -1.19. The highest BCUT2D eigenvalue weighted by atomic mass is 32.2. The molecule has 2 aromatic rings. The zero-order valence-electron chi connectivity index (χ0n) is 39.4. The summed E-state index contributed by atoms with van der Waals surface area (Å²) in [5, 5.41) is 33.3. The minimum Gasteiger partial charge on any atom is -0.480 e. The molecule has 7 atom stereocenters. The topological polar surface area (TPSA) is 263 Å². The lowest BCUT2D eigenvalue weighted by atomic mass is 10.0. The number of amides is 6. The van der Waals surface area contributed by atoms with Crippen LogP contribution in [0.25, 0.3) is 0 Å². The second-order valence-corrected chi connectivity index (χ2v) is 19.2. The van der Waals surface area contributed by atoms with E-state index in [0.717, 1.165) is 75.3 Å². The number of carboxylic acid groups (broad SMARTS) is 1. The van der Waals surface area contributed by atoms with Gasteiger partial charge in [-0.2, -0.15) is 0 Å². The van der Waals surface area contributed by atoms with E-state index in [4.69, 9.17) is 5.73 Å². The molecular weight excluding hydrogens is 865 g/mol. The average Bonchev–Trinajstić information content (AvgIpc) is 3.26. The van der Waals surface area contributed by atoms with E-state index >= 15 is 0 Å². The van der Waals surface area contributed by atoms with Gasteiger partial charge in [-0.1, -0.05) is 139 Å². The Morgan fingerprint density at radius 2 is 0.970 bits per heavy atom. The van der Waals surface area contributed by atoms with Crippen LogP contribution < -0.4 is 32.3 Å². The van der Waals surface area contributed by atoms with E-state index < -0.39 is 76.7 Å². The number of primary amides is 1. The first kappa shape index (κ1) is 57.0. The number of hydrogen-bond donors (Lipinski definition) is 8. The number of nitrogens with one attached hydrogen (secondary N) is 5. The average molecular weight is 941 g/mol. The van der Waals surface area contributed by atoms with Crippen LogP contribution >= 0.6 is 0 Å². The number of benzene rings is 2. The molecule has 2 rings (SSSR count). The van der Waals surface area contributed by atoms with E-state index in [1.807, 2.05) is 50.2 Å². The fraction of sp³-hybridized carbons (Fsp3) is 0.612. The molecule has 0 fully saturated rings. The van der Waals surface area contributed by atoms with Gasteiger partial charge in [0.2, 0.25) is 35.4 Å². The van der Waals surface area contributed by atoms with Crippen molar-refractivity contribution in [1.82, 2.24) is 26.6 Å². The highest BCUT2D eigenvalue weighted by molar-refractivity contribution is 7.84. The first-order valence-corrected chi connectivity index (χ1v) is 25.3. The summed E-state index contributed by atoms with van der Waals surface area (Å²) in [4.78, 5) is 89.3. The van der Waals surface area contributed by atoms with Crippen LogP contribution in [-0.4, -0.2) is 104 Å². The van der Waals surface area contributed by atoms with Crippen molar-refractivity contribution in [1.29, 1.82) is 0 Å². The Morgan fingerprint density at radius 3 is 1.39 bits per heavy atom. The van der Waals surface area contributed by atoms with Gasteiger partial charge in [0.25, 0.3) is 0 Å². The summed E-state index contributed by atoms with van der Waals surface area (Å²) in [5.74, 6) is -4.28. The molecule has 6 amide bonds. The molecule has 0 aromatic heterocycles. The number of carboxylic acids is 1. The summed E-state index contributed by atoms with van der Waals surface area (Å²) < 4.78 is 11.8. The normalized spacial score (nSPS) is 14.4. The molecule has 9 N–H and O–H groups in total. The van der Waals surface area contributed by atoms with Gasteiger partial charge in [0, 0.05) is 48.5 Å².